The maximum Gasteiger partial charge on any atom is 0.397 e. The van der Waals surface area contributed by atoms with Gasteiger partial charge in [-0.25, -0.2) is 4.18 Å². The summed E-state index contributed by atoms with van der Waals surface area (Å²) in [4.78, 5) is 0. The summed E-state index contributed by atoms with van der Waals surface area (Å²) in [7, 11) is -4.57. The van der Waals surface area contributed by atoms with Crippen LogP contribution in [-0.2, 0) is 14.6 Å². The fourth-order valence-electron chi connectivity index (χ4n) is 4.41. The summed E-state index contributed by atoms with van der Waals surface area (Å²) in [5, 5.41) is 21.4. The molecule has 0 aromatic heterocycles. The first-order valence-electron chi connectivity index (χ1n) is 7.99. The third kappa shape index (κ3) is 4.00. The van der Waals surface area contributed by atoms with E-state index in [1.165, 1.54) is 6.92 Å². The summed E-state index contributed by atoms with van der Waals surface area (Å²) in [6, 6.07) is 0. The van der Waals surface area contributed by atoms with Crippen LogP contribution in [-0.4, -0.2) is 41.0 Å². The van der Waals surface area contributed by atoms with Gasteiger partial charge in [0, 0.05) is 0 Å². The number of hydrogen-bond donors (Lipinski definition) is 3. The third-order valence-corrected chi connectivity index (χ3v) is 6.33. The maximum atomic E-state index is 10.7. The van der Waals surface area contributed by atoms with Gasteiger partial charge in [0.1, 0.15) is 0 Å². The average Bonchev–Trinajstić information content (AvgIpc) is 2.66. The minimum absolute atomic E-state index is 0.170. The van der Waals surface area contributed by atoms with Gasteiger partial charge >= 0.3 is 10.4 Å². The summed E-state index contributed by atoms with van der Waals surface area (Å²) in [6.45, 7) is 5.11. The van der Waals surface area contributed by atoms with E-state index in [4.69, 9.17) is 4.55 Å². The van der Waals surface area contributed by atoms with Crippen molar-refractivity contribution in [1.29, 1.82) is 0 Å². The molecule has 0 aromatic rings. The molecular weight excluding hydrogens is 308 g/mol. The second-order valence-corrected chi connectivity index (χ2v) is 8.79. The molecule has 2 fully saturated rings. The van der Waals surface area contributed by atoms with Crippen molar-refractivity contribution in [1.82, 2.24) is 0 Å². The second kappa shape index (κ2) is 6.02. The van der Waals surface area contributed by atoms with Gasteiger partial charge in [0.25, 0.3) is 0 Å². The van der Waals surface area contributed by atoms with Gasteiger partial charge in [0.05, 0.1) is 17.8 Å². The fourth-order valence-corrected chi connectivity index (χ4v) is 4.80. The Bertz CT molecular complexity index is 498. The van der Waals surface area contributed by atoms with Crippen LogP contribution in [0.5, 0.6) is 0 Å². The molecule has 6 atom stereocenters. The quantitative estimate of drug-likeness (QED) is 0.676. The van der Waals surface area contributed by atoms with Crippen molar-refractivity contribution in [3.63, 3.8) is 0 Å². The van der Waals surface area contributed by atoms with E-state index in [1.807, 2.05) is 6.92 Å². The lowest BCUT2D eigenvalue weighted by molar-refractivity contribution is -0.0503. The Morgan fingerprint density at radius 3 is 2.55 bits per heavy atom. The van der Waals surface area contributed by atoms with Crippen LogP contribution in [0.4, 0.5) is 0 Å². The summed E-state index contributed by atoms with van der Waals surface area (Å²) >= 11 is 0. The van der Waals surface area contributed by atoms with Crippen LogP contribution in [0.15, 0.2) is 0 Å². The molecule has 0 heterocycles. The van der Waals surface area contributed by atoms with E-state index in [0.717, 1.165) is 19.3 Å². The lowest BCUT2D eigenvalue weighted by atomic mass is 9.76. The third-order valence-electron chi connectivity index (χ3n) is 5.91. The SMILES string of the molecule is C[C@H]1CC[C@@H]2[C@H]1C[C@H](C(C)(O)COS(=O)(=O)O)CC[C@@]2(C)O. The molecule has 0 bridgehead atoms. The molecule has 2 rings (SSSR count). The molecule has 0 aromatic carbocycles. The van der Waals surface area contributed by atoms with E-state index in [2.05, 4.69) is 11.1 Å². The molecule has 0 spiro atoms. The summed E-state index contributed by atoms with van der Waals surface area (Å²) in [5.74, 6) is 0.858. The predicted molar refractivity (Wildman–Crippen MR) is 81.5 cm³/mol. The zero-order valence-corrected chi connectivity index (χ0v) is 14.3. The van der Waals surface area contributed by atoms with Crippen molar-refractivity contribution in [2.45, 2.75) is 64.1 Å². The topological polar surface area (TPSA) is 104 Å². The summed E-state index contributed by atoms with van der Waals surface area (Å²) in [6.07, 6.45) is 3.99. The van der Waals surface area contributed by atoms with Crippen molar-refractivity contribution in [3.05, 3.63) is 0 Å². The normalized spacial score (nSPS) is 42.5. The zero-order chi connectivity index (χ0) is 16.8. The molecule has 2 aliphatic carbocycles. The molecule has 3 N–H and O–H groups in total. The van der Waals surface area contributed by atoms with Crippen molar-refractivity contribution in [3.8, 4) is 0 Å². The zero-order valence-electron chi connectivity index (χ0n) is 13.5. The van der Waals surface area contributed by atoms with E-state index < -0.39 is 28.2 Å². The minimum atomic E-state index is -4.57. The standard InChI is InChI=1S/C15H28O6S/c1-10-4-5-13-12(10)8-11(6-7-14(13,2)16)15(3,17)9-21-22(18,19)20/h10-13,16-17H,4-9H2,1-3H3,(H,18,19,20)/t10-,11+,12-,13+,14+,15?/m0/s1. The van der Waals surface area contributed by atoms with Gasteiger partial charge in [-0.15, -0.1) is 0 Å². The Kier molecular flexibility index (Phi) is 4.96. The molecule has 2 saturated carbocycles. The first kappa shape index (κ1) is 18.1. The highest BCUT2D eigenvalue weighted by Crippen LogP contribution is 2.51. The van der Waals surface area contributed by atoms with Crippen molar-refractivity contribution < 1.29 is 27.4 Å². The number of aliphatic hydroxyl groups is 2. The first-order valence-corrected chi connectivity index (χ1v) is 9.35. The van der Waals surface area contributed by atoms with Crippen LogP contribution >= 0.6 is 0 Å². The van der Waals surface area contributed by atoms with Crippen LogP contribution in [0.1, 0.15) is 52.9 Å². The van der Waals surface area contributed by atoms with E-state index in [1.54, 1.807) is 0 Å². The Morgan fingerprint density at radius 2 is 1.95 bits per heavy atom. The highest BCUT2D eigenvalue weighted by atomic mass is 32.3. The van der Waals surface area contributed by atoms with Gasteiger partial charge in [0.2, 0.25) is 0 Å². The van der Waals surface area contributed by atoms with Gasteiger partial charge in [0.15, 0.2) is 0 Å². The van der Waals surface area contributed by atoms with Gasteiger partial charge in [-0.2, -0.15) is 8.42 Å². The lowest BCUT2D eigenvalue weighted by Crippen LogP contribution is -2.41. The molecule has 2 aliphatic rings. The Morgan fingerprint density at radius 1 is 1.32 bits per heavy atom. The predicted octanol–water partition coefficient (Wildman–Crippen LogP) is 1.77. The average molecular weight is 336 g/mol. The van der Waals surface area contributed by atoms with E-state index in [9.17, 15) is 18.6 Å². The van der Waals surface area contributed by atoms with Gasteiger partial charge in [-0.1, -0.05) is 13.3 Å². The Labute approximate surface area is 132 Å². The minimum Gasteiger partial charge on any atom is -0.390 e. The molecule has 7 heteroatoms. The second-order valence-electron chi connectivity index (χ2n) is 7.70. The van der Waals surface area contributed by atoms with Crippen LogP contribution < -0.4 is 0 Å². The molecular formula is C15H28O6S. The van der Waals surface area contributed by atoms with Gasteiger partial charge in [-0.05, 0) is 63.2 Å². The molecule has 0 aliphatic heterocycles. The van der Waals surface area contributed by atoms with Crippen molar-refractivity contribution >= 4 is 10.4 Å². The molecule has 0 radical (unpaired) electrons. The largest absolute Gasteiger partial charge is 0.397 e. The summed E-state index contributed by atoms with van der Waals surface area (Å²) in [5.41, 5.74) is -2.10. The highest BCUT2D eigenvalue weighted by Gasteiger charge is 2.49. The van der Waals surface area contributed by atoms with Crippen LogP contribution in [0.2, 0.25) is 0 Å². The van der Waals surface area contributed by atoms with E-state index in [0.29, 0.717) is 24.7 Å². The van der Waals surface area contributed by atoms with Gasteiger partial charge < -0.3 is 10.2 Å². The molecule has 0 amide bonds. The maximum absolute atomic E-state index is 10.7. The monoisotopic (exact) mass is 336 g/mol. The molecule has 130 valence electrons. The molecule has 0 saturated heterocycles. The molecule has 6 nitrogen and oxygen atoms in total. The van der Waals surface area contributed by atoms with Crippen LogP contribution in [0.25, 0.3) is 0 Å². The van der Waals surface area contributed by atoms with Crippen molar-refractivity contribution in [2.75, 3.05) is 6.61 Å². The smallest absolute Gasteiger partial charge is 0.390 e. The Balaban J connectivity index is 2.14. The Hall–Kier alpha value is -0.210. The highest BCUT2D eigenvalue weighted by molar-refractivity contribution is 7.80. The first-order chi connectivity index (χ1) is 9.92. The summed E-state index contributed by atoms with van der Waals surface area (Å²) < 4.78 is 34.6. The van der Waals surface area contributed by atoms with Crippen LogP contribution in [0.3, 0.4) is 0 Å². The number of rotatable bonds is 4. The molecule has 1 unspecified atom stereocenters. The van der Waals surface area contributed by atoms with Gasteiger partial charge in [-0.3, -0.25) is 4.55 Å². The van der Waals surface area contributed by atoms with E-state index in [-0.39, 0.29) is 11.8 Å². The lowest BCUT2D eigenvalue weighted by Gasteiger charge is -2.34. The van der Waals surface area contributed by atoms with Crippen molar-refractivity contribution in [2.24, 2.45) is 23.7 Å². The van der Waals surface area contributed by atoms with Crippen LogP contribution in [0, 0.1) is 23.7 Å². The fraction of sp³-hybridized carbons (Fsp3) is 1.00. The number of hydrogen-bond acceptors (Lipinski definition) is 5. The molecule has 22 heavy (non-hydrogen) atoms. The van der Waals surface area contributed by atoms with E-state index >= 15 is 0 Å². The number of fused-ring (bicyclic) bond motifs is 1.